The van der Waals surface area contributed by atoms with Crippen LogP contribution in [0.2, 0.25) is 5.02 Å². The van der Waals surface area contributed by atoms with Crippen molar-refractivity contribution in [3.63, 3.8) is 0 Å². The number of anilines is 3. The number of methoxy groups -OCH3 is 1. The molecule has 1 saturated heterocycles. The van der Waals surface area contributed by atoms with Crippen LogP contribution in [0.3, 0.4) is 0 Å². The third kappa shape index (κ3) is 8.74. The SMILES string of the molecule is COc1cc(CC(N(Cc2ccc(N3CCN(C)CC3)cc2)C(=O)O)C(C)(C)C)c(Cl)cc1NC(=O)Nc1cnc(C#N)cn1. The zero-order valence-electron chi connectivity index (χ0n) is 26.2. The number of nitriles is 1. The maximum absolute atomic E-state index is 12.7. The summed E-state index contributed by atoms with van der Waals surface area (Å²) in [6, 6.07) is 12.2. The van der Waals surface area contributed by atoms with Crippen molar-refractivity contribution in [2.45, 2.75) is 39.8 Å². The highest BCUT2D eigenvalue weighted by Crippen LogP contribution is 2.36. The Labute approximate surface area is 268 Å². The molecule has 45 heavy (non-hydrogen) atoms. The van der Waals surface area contributed by atoms with Crippen LogP contribution in [0.5, 0.6) is 5.75 Å². The number of carboxylic acid groups (broad SMARTS) is 1. The van der Waals surface area contributed by atoms with E-state index < -0.39 is 23.6 Å². The summed E-state index contributed by atoms with van der Waals surface area (Å²) in [7, 11) is 3.59. The van der Waals surface area contributed by atoms with Gasteiger partial charge in [0.1, 0.15) is 11.8 Å². The monoisotopic (exact) mass is 634 g/mol. The second-order valence-electron chi connectivity index (χ2n) is 12.1. The smallest absolute Gasteiger partial charge is 0.407 e. The van der Waals surface area contributed by atoms with Gasteiger partial charge in [-0.2, -0.15) is 5.26 Å². The van der Waals surface area contributed by atoms with Gasteiger partial charge in [0.05, 0.1) is 25.2 Å². The maximum Gasteiger partial charge on any atom is 0.407 e. The highest BCUT2D eigenvalue weighted by Gasteiger charge is 2.34. The number of hydrogen-bond donors (Lipinski definition) is 3. The number of rotatable bonds is 9. The van der Waals surface area contributed by atoms with Crippen molar-refractivity contribution < 1.29 is 19.4 Å². The molecule has 0 radical (unpaired) electrons. The normalized spacial score (nSPS) is 14.3. The van der Waals surface area contributed by atoms with Crippen LogP contribution < -0.4 is 20.3 Å². The molecule has 1 atom stereocenters. The van der Waals surface area contributed by atoms with E-state index in [1.807, 2.05) is 39.0 Å². The molecule has 12 nitrogen and oxygen atoms in total. The molecule has 0 saturated carbocycles. The van der Waals surface area contributed by atoms with Gasteiger partial charge < -0.3 is 29.9 Å². The minimum Gasteiger partial charge on any atom is -0.495 e. The first-order valence-corrected chi connectivity index (χ1v) is 14.9. The Balaban J connectivity index is 1.51. The number of hydrogen-bond acceptors (Lipinski definition) is 8. The molecule has 3 amide bonds. The molecule has 3 N–H and O–H groups in total. The van der Waals surface area contributed by atoms with E-state index in [-0.39, 0.29) is 18.1 Å². The predicted octanol–water partition coefficient (Wildman–Crippen LogP) is 5.54. The molecule has 238 valence electrons. The van der Waals surface area contributed by atoms with Crippen molar-refractivity contribution in [3.05, 3.63) is 70.6 Å². The van der Waals surface area contributed by atoms with E-state index in [9.17, 15) is 14.7 Å². The number of piperazine rings is 1. The standard InChI is InChI=1S/C32H39ClN8O4/c1-32(2,3)28(41(31(43)44)20-21-6-8-24(9-7-21)40-12-10-39(4)11-13-40)15-22-14-27(45-5)26(16-25(22)33)37-30(42)38-29-19-35-23(17-34)18-36-29/h6-9,14,16,18-19,28H,10-13,15,20H2,1-5H3,(H,43,44)(H2,36,37,38,42). The average molecular weight is 635 g/mol. The van der Waals surface area contributed by atoms with Gasteiger partial charge in [0, 0.05) is 49.5 Å². The van der Waals surface area contributed by atoms with Gasteiger partial charge in [-0.25, -0.2) is 19.6 Å². The van der Waals surface area contributed by atoms with Crippen molar-refractivity contribution in [1.82, 2.24) is 19.8 Å². The fourth-order valence-electron chi connectivity index (χ4n) is 5.22. The highest BCUT2D eigenvalue weighted by molar-refractivity contribution is 6.31. The molecule has 1 aliphatic rings. The van der Waals surface area contributed by atoms with Crippen LogP contribution in [-0.4, -0.2) is 83.4 Å². The summed E-state index contributed by atoms with van der Waals surface area (Å²) < 4.78 is 5.56. The number of urea groups is 1. The van der Waals surface area contributed by atoms with E-state index in [1.54, 1.807) is 12.1 Å². The van der Waals surface area contributed by atoms with Crippen LogP contribution in [0, 0.1) is 16.7 Å². The molecular weight excluding hydrogens is 596 g/mol. The molecule has 1 unspecified atom stereocenters. The highest BCUT2D eigenvalue weighted by atomic mass is 35.5. The molecule has 4 rings (SSSR count). The van der Waals surface area contributed by atoms with Gasteiger partial charge in [-0.1, -0.05) is 44.5 Å². The second kappa shape index (κ2) is 14.5. The summed E-state index contributed by atoms with van der Waals surface area (Å²) in [5, 5.41) is 24.8. The van der Waals surface area contributed by atoms with Crippen molar-refractivity contribution >= 4 is 40.9 Å². The number of likely N-dealkylation sites (N-methyl/N-ethyl adjacent to an activating group) is 1. The number of nitrogens with zero attached hydrogens (tertiary/aromatic N) is 6. The van der Waals surface area contributed by atoms with Gasteiger partial charge in [-0.05, 0) is 54.3 Å². The third-order valence-corrected chi connectivity index (χ3v) is 8.17. The number of benzene rings is 2. The first kappa shape index (κ1) is 33.3. The van der Waals surface area contributed by atoms with Crippen LogP contribution in [0.4, 0.5) is 26.8 Å². The molecule has 2 aromatic carbocycles. The number of amides is 3. The van der Waals surface area contributed by atoms with Gasteiger partial charge in [0.15, 0.2) is 11.5 Å². The molecule has 0 spiro atoms. The summed E-state index contributed by atoms with van der Waals surface area (Å²) in [6.07, 6.45) is 1.81. The summed E-state index contributed by atoms with van der Waals surface area (Å²) in [6.45, 7) is 10.1. The molecular formula is C32H39ClN8O4. The van der Waals surface area contributed by atoms with Crippen molar-refractivity contribution in [2.24, 2.45) is 5.41 Å². The molecule has 1 fully saturated rings. The van der Waals surface area contributed by atoms with Crippen LogP contribution in [0.15, 0.2) is 48.8 Å². The third-order valence-electron chi connectivity index (χ3n) is 7.82. The Morgan fingerprint density at radius 2 is 1.80 bits per heavy atom. The van der Waals surface area contributed by atoms with E-state index in [2.05, 4.69) is 49.6 Å². The Morgan fingerprint density at radius 3 is 2.36 bits per heavy atom. The number of carbonyl (C=O) groups is 2. The fraction of sp³-hybridized carbons (Fsp3) is 0.406. The Hall–Kier alpha value is -4.60. The Bertz CT molecular complexity index is 1530. The second-order valence-corrected chi connectivity index (χ2v) is 12.5. The lowest BCUT2D eigenvalue weighted by molar-refractivity contribution is 0.0772. The molecule has 1 aliphatic heterocycles. The van der Waals surface area contributed by atoms with Crippen LogP contribution >= 0.6 is 11.6 Å². The molecule has 2 heterocycles. The number of ether oxygens (including phenoxy) is 1. The van der Waals surface area contributed by atoms with E-state index in [1.165, 1.54) is 24.4 Å². The Morgan fingerprint density at radius 1 is 1.11 bits per heavy atom. The Kier molecular flexibility index (Phi) is 10.7. The van der Waals surface area contributed by atoms with E-state index in [4.69, 9.17) is 21.6 Å². The van der Waals surface area contributed by atoms with Crippen LogP contribution in [0.1, 0.15) is 37.6 Å². The molecule has 13 heteroatoms. The van der Waals surface area contributed by atoms with Crippen LogP contribution in [0.25, 0.3) is 0 Å². The van der Waals surface area contributed by atoms with Crippen molar-refractivity contribution in [3.8, 4) is 11.8 Å². The first-order chi connectivity index (χ1) is 21.4. The zero-order valence-corrected chi connectivity index (χ0v) is 26.9. The minimum atomic E-state index is -1.03. The quantitative estimate of drug-likeness (QED) is 0.276. The van der Waals surface area contributed by atoms with Crippen molar-refractivity contribution in [2.75, 3.05) is 55.9 Å². The number of carbonyl (C=O) groups excluding carboxylic acids is 1. The molecule has 0 aliphatic carbocycles. The van der Waals surface area contributed by atoms with Gasteiger partial charge in [-0.15, -0.1) is 0 Å². The summed E-state index contributed by atoms with van der Waals surface area (Å²) in [5.74, 6) is 0.508. The lowest BCUT2D eigenvalue weighted by atomic mass is 9.81. The molecule has 1 aromatic heterocycles. The lowest BCUT2D eigenvalue weighted by Gasteiger charge is -2.39. The van der Waals surface area contributed by atoms with E-state index in [0.29, 0.717) is 28.4 Å². The van der Waals surface area contributed by atoms with E-state index >= 15 is 0 Å². The summed E-state index contributed by atoms with van der Waals surface area (Å²) in [4.78, 5) is 39.3. The number of aromatic nitrogens is 2. The number of halogens is 1. The van der Waals surface area contributed by atoms with Gasteiger partial charge >= 0.3 is 12.1 Å². The van der Waals surface area contributed by atoms with Gasteiger partial charge in [0.2, 0.25) is 0 Å². The van der Waals surface area contributed by atoms with Gasteiger partial charge in [0.25, 0.3) is 0 Å². The summed E-state index contributed by atoms with van der Waals surface area (Å²) in [5.41, 5.74) is 2.70. The topological polar surface area (TPSA) is 147 Å². The predicted molar refractivity (Wildman–Crippen MR) is 174 cm³/mol. The largest absolute Gasteiger partial charge is 0.495 e. The zero-order chi connectivity index (χ0) is 32.7. The molecule has 0 bridgehead atoms. The van der Waals surface area contributed by atoms with E-state index in [0.717, 1.165) is 37.4 Å². The first-order valence-electron chi connectivity index (χ1n) is 14.6. The summed E-state index contributed by atoms with van der Waals surface area (Å²) >= 11 is 6.72. The van der Waals surface area contributed by atoms with Crippen molar-refractivity contribution in [1.29, 1.82) is 5.26 Å². The average Bonchev–Trinajstić information content (AvgIpc) is 3.00. The minimum absolute atomic E-state index is 0.124. The van der Waals surface area contributed by atoms with Gasteiger partial charge in [-0.3, -0.25) is 5.32 Å². The maximum atomic E-state index is 12.7. The fourth-order valence-corrected chi connectivity index (χ4v) is 5.46. The lowest BCUT2D eigenvalue weighted by Crippen LogP contribution is -2.47. The number of nitrogens with one attached hydrogen (secondary N) is 2. The van der Waals surface area contributed by atoms with Crippen LogP contribution in [-0.2, 0) is 13.0 Å². The molecule has 3 aromatic rings.